The molecule has 3 aromatic carbocycles. The molecule has 0 radical (unpaired) electrons. The van der Waals surface area contributed by atoms with Gasteiger partial charge in [-0.2, -0.15) is 0 Å². The summed E-state index contributed by atoms with van der Waals surface area (Å²) in [4.78, 5) is 12.4. The van der Waals surface area contributed by atoms with E-state index in [-0.39, 0.29) is 11.4 Å². The third kappa shape index (κ3) is 2.81. The van der Waals surface area contributed by atoms with Gasteiger partial charge in [-0.1, -0.05) is 73.3 Å². The predicted molar refractivity (Wildman–Crippen MR) is 118 cm³/mol. The van der Waals surface area contributed by atoms with Crippen LogP contribution in [0.15, 0.2) is 60.7 Å². The van der Waals surface area contributed by atoms with E-state index >= 15 is 0 Å². The SMILES string of the molecule is COC(=O)c1cc(Cl)ccc1-c1ccc2c(c1)C1(CCCCC1)c1ccccc1-2. The Hall–Kier alpha value is -2.58. The summed E-state index contributed by atoms with van der Waals surface area (Å²) in [6.45, 7) is 0. The maximum Gasteiger partial charge on any atom is 0.338 e. The van der Waals surface area contributed by atoms with Gasteiger partial charge in [-0.05, 0) is 64.4 Å². The zero-order valence-corrected chi connectivity index (χ0v) is 17.3. The van der Waals surface area contributed by atoms with Gasteiger partial charge in [-0.15, -0.1) is 0 Å². The molecule has 1 saturated carbocycles. The minimum absolute atomic E-state index is 0.0953. The second-order valence-corrected chi connectivity index (χ2v) is 8.57. The van der Waals surface area contributed by atoms with Crippen LogP contribution < -0.4 is 0 Å². The molecule has 2 nitrogen and oxygen atoms in total. The highest BCUT2D eigenvalue weighted by atomic mass is 35.5. The Kier molecular flexibility index (Phi) is 4.48. The van der Waals surface area contributed by atoms with Crippen molar-refractivity contribution >= 4 is 17.6 Å². The maximum absolute atomic E-state index is 12.4. The number of halogens is 1. The summed E-state index contributed by atoms with van der Waals surface area (Å²) >= 11 is 6.17. The van der Waals surface area contributed by atoms with Crippen molar-refractivity contribution in [3.63, 3.8) is 0 Å². The van der Waals surface area contributed by atoms with Gasteiger partial charge >= 0.3 is 5.97 Å². The van der Waals surface area contributed by atoms with E-state index in [2.05, 4.69) is 42.5 Å². The van der Waals surface area contributed by atoms with Crippen molar-refractivity contribution in [2.75, 3.05) is 7.11 Å². The monoisotopic (exact) mass is 402 g/mol. The first-order valence-electron chi connectivity index (χ1n) is 10.3. The molecule has 5 rings (SSSR count). The average molecular weight is 403 g/mol. The fraction of sp³-hybridized carbons (Fsp3) is 0.269. The van der Waals surface area contributed by atoms with Gasteiger partial charge in [-0.25, -0.2) is 4.79 Å². The van der Waals surface area contributed by atoms with E-state index in [9.17, 15) is 4.79 Å². The Morgan fingerprint density at radius 1 is 0.862 bits per heavy atom. The van der Waals surface area contributed by atoms with Crippen LogP contribution in [-0.4, -0.2) is 13.1 Å². The molecule has 0 atom stereocenters. The van der Waals surface area contributed by atoms with Crippen LogP contribution in [0.4, 0.5) is 0 Å². The van der Waals surface area contributed by atoms with E-state index in [0.29, 0.717) is 10.6 Å². The van der Waals surface area contributed by atoms with Crippen LogP contribution in [0.3, 0.4) is 0 Å². The van der Waals surface area contributed by atoms with Crippen molar-refractivity contribution in [2.24, 2.45) is 0 Å². The molecule has 1 spiro atoms. The van der Waals surface area contributed by atoms with E-state index in [1.54, 1.807) is 6.07 Å². The molecule has 0 N–H and O–H groups in total. The highest BCUT2D eigenvalue weighted by Gasteiger charge is 2.43. The molecule has 0 heterocycles. The summed E-state index contributed by atoms with van der Waals surface area (Å²) in [5.41, 5.74) is 8.08. The van der Waals surface area contributed by atoms with Crippen molar-refractivity contribution < 1.29 is 9.53 Å². The third-order valence-electron chi connectivity index (χ3n) is 6.67. The number of carbonyl (C=O) groups excluding carboxylic acids is 1. The van der Waals surface area contributed by atoms with E-state index in [1.807, 2.05) is 12.1 Å². The molecule has 3 heteroatoms. The van der Waals surface area contributed by atoms with Gasteiger partial charge in [0.1, 0.15) is 0 Å². The molecule has 29 heavy (non-hydrogen) atoms. The van der Waals surface area contributed by atoms with Gasteiger partial charge in [0.25, 0.3) is 0 Å². The topological polar surface area (TPSA) is 26.3 Å². The van der Waals surface area contributed by atoms with Crippen LogP contribution in [0.2, 0.25) is 5.02 Å². The molecule has 0 bridgehead atoms. The van der Waals surface area contributed by atoms with Crippen LogP contribution in [0.1, 0.15) is 53.6 Å². The molecule has 3 aromatic rings. The lowest BCUT2D eigenvalue weighted by Crippen LogP contribution is -2.28. The first kappa shape index (κ1) is 18.4. The standard InChI is InChI=1S/C26H23ClO2/c1-29-25(28)22-16-18(27)10-12-19(22)17-9-11-21-20-7-3-4-8-23(20)26(24(21)15-17)13-5-2-6-14-26/h3-4,7-12,15-16H,2,5-6,13-14H2,1H3. The largest absolute Gasteiger partial charge is 0.465 e. The van der Waals surface area contributed by atoms with Crippen molar-refractivity contribution in [2.45, 2.75) is 37.5 Å². The summed E-state index contributed by atoms with van der Waals surface area (Å²) in [5.74, 6) is -0.362. The summed E-state index contributed by atoms with van der Waals surface area (Å²) in [6.07, 6.45) is 6.19. The summed E-state index contributed by atoms with van der Waals surface area (Å²) in [7, 11) is 1.41. The molecule has 0 aliphatic heterocycles. The van der Waals surface area contributed by atoms with Crippen molar-refractivity contribution in [3.05, 3.63) is 82.4 Å². The van der Waals surface area contributed by atoms with Gasteiger partial charge in [0.2, 0.25) is 0 Å². The van der Waals surface area contributed by atoms with E-state index in [0.717, 1.165) is 11.1 Å². The zero-order valence-electron chi connectivity index (χ0n) is 16.5. The number of hydrogen-bond donors (Lipinski definition) is 0. The lowest BCUT2D eigenvalue weighted by molar-refractivity contribution is 0.0601. The summed E-state index contributed by atoms with van der Waals surface area (Å²) in [6, 6.07) is 21.0. The van der Waals surface area contributed by atoms with Crippen LogP contribution in [0.5, 0.6) is 0 Å². The van der Waals surface area contributed by atoms with Crippen LogP contribution in [0, 0.1) is 0 Å². The number of hydrogen-bond acceptors (Lipinski definition) is 2. The van der Waals surface area contributed by atoms with E-state index in [4.69, 9.17) is 16.3 Å². The number of fused-ring (bicyclic) bond motifs is 5. The van der Waals surface area contributed by atoms with Crippen molar-refractivity contribution in [1.29, 1.82) is 0 Å². The summed E-state index contributed by atoms with van der Waals surface area (Å²) in [5, 5.41) is 0.534. The molecule has 2 aliphatic rings. The lowest BCUT2D eigenvalue weighted by atomic mass is 9.67. The lowest BCUT2D eigenvalue weighted by Gasteiger charge is -2.36. The van der Waals surface area contributed by atoms with Gasteiger partial charge in [0, 0.05) is 10.4 Å². The molecule has 0 saturated heterocycles. The second-order valence-electron chi connectivity index (χ2n) is 8.13. The van der Waals surface area contributed by atoms with Gasteiger partial charge in [0.15, 0.2) is 0 Å². The number of esters is 1. The normalized spacial score (nSPS) is 16.3. The van der Waals surface area contributed by atoms with Crippen LogP contribution in [-0.2, 0) is 10.2 Å². The number of carbonyl (C=O) groups is 1. The quantitative estimate of drug-likeness (QED) is 0.430. The molecule has 0 amide bonds. The number of ether oxygens (including phenoxy) is 1. The Balaban J connectivity index is 1.71. The predicted octanol–water partition coefficient (Wildman–Crippen LogP) is 7.02. The van der Waals surface area contributed by atoms with Gasteiger partial charge in [0.05, 0.1) is 12.7 Å². The fourth-order valence-corrected chi connectivity index (χ4v) is 5.54. The third-order valence-corrected chi connectivity index (χ3v) is 6.91. The Labute approximate surface area is 176 Å². The van der Waals surface area contributed by atoms with Crippen molar-refractivity contribution in [3.8, 4) is 22.3 Å². The highest BCUT2D eigenvalue weighted by Crippen LogP contribution is 2.56. The molecule has 1 fully saturated rings. The maximum atomic E-state index is 12.4. The fourth-order valence-electron chi connectivity index (χ4n) is 5.36. The zero-order chi connectivity index (χ0) is 20.0. The van der Waals surface area contributed by atoms with Gasteiger partial charge < -0.3 is 4.74 Å². The first-order valence-corrected chi connectivity index (χ1v) is 10.6. The molecule has 0 aromatic heterocycles. The summed E-state index contributed by atoms with van der Waals surface area (Å²) < 4.78 is 5.01. The van der Waals surface area contributed by atoms with Gasteiger partial charge in [-0.3, -0.25) is 0 Å². The second kappa shape index (κ2) is 7.03. The molecule has 2 aliphatic carbocycles. The molecule has 146 valence electrons. The smallest absolute Gasteiger partial charge is 0.338 e. The minimum atomic E-state index is -0.362. The highest BCUT2D eigenvalue weighted by molar-refractivity contribution is 6.31. The number of methoxy groups -OCH3 is 1. The molecular weight excluding hydrogens is 380 g/mol. The van der Waals surface area contributed by atoms with E-state index in [1.165, 1.54) is 61.5 Å². The number of rotatable bonds is 2. The van der Waals surface area contributed by atoms with E-state index < -0.39 is 0 Å². The Morgan fingerprint density at radius 3 is 2.38 bits per heavy atom. The average Bonchev–Trinajstić information content (AvgIpc) is 3.03. The molecule has 0 unspecified atom stereocenters. The van der Waals surface area contributed by atoms with Crippen LogP contribution in [0.25, 0.3) is 22.3 Å². The van der Waals surface area contributed by atoms with Crippen molar-refractivity contribution in [1.82, 2.24) is 0 Å². The van der Waals surface area contributed by atoms with Crippen LogP contribution >= 0.6 is 11.6 Å². The minimum Gasteiger partial charge on any atom is -0.465 e. The first-order chi connectivity index (χ1) is 14.1. The Bertz CT molecular complexity index is 1110. The molecular formula is C26H23ClO2. The number of benzene rings is 3. The Morgan fingerprint density at radius 2 is 1.59 bits per heavy atom.